The zero-order valence-corrected chi connectivity index (χ0v) is 12.1. The quantitative estimate of drug-likeness (QED) is 0.890. The molecule has 106 valence electrons. The lowest BCUT2D eigenvalue weighted by molar-refractivity contribution is 0.272. The zero-order chi connectivity index (χ0) is 14.6. The summed E-state index contributed by atoms with van der Waals surface area (Å²) >= 11 is 0. The lowest BCUT2D eigenvalue weighted by Crippen LogP contribution is -2.50. The van der Waals surface area contributed by atoms with Gasteiger partial charge in [0.05, 0.1) is 6.07 Å². The van der Waals surface area contributed by atoms with E-state index in [9.17, 15) is 5.26 Å². The molecule has 0 amide bonds. The van der Waals surface area contributed by atoms with E-state index in [1.165, 1.54) is 0 Å². The standard InChI is InChI=1S/C15H21N5/c1-12(2)19-15(11-17)6-3-4-13(15)5-8-20-9-7-18-14(20)10-16/h7,9,12-13,19H,3-6,8H2,1-2H3. The fourth-order valence-corrected chi connectivity index (χ4v) is 3.25. The molecule has 1 aliphatic rings. The van der Waals surface area contributed by atoms with Crippen LogP contribution in [0.3, 0.4) is 0 Å². The van der Waals surface area contributed by atoms with Crippen molar-refractivity contribution in [2.75, 3.05) is 0 Å². The minimum Gasteiger partial charge on any atom is -0.323 e. The maximum Gasteiger partial charge on any atom is 0.212 e. The molecule has 1 aliphatic carbocycles. The Morgan fingerprint density at radius 1 is 1.55 bits per heavy atom. The van der Waals surface area contributed by atoms with E-state index in [2.05, 4.69) is 36.3 Å². The first-order valence-corrected chi connectivity index (χ1v) is 7.21. The van der Waals surface area contributed by atoms with Crippen LogP contribution in [0.1, 0.15) is 45.4 Å². The van der Waals surface area contributed by atoms with Crippen molar-refractivity contribution in [3.63, 3.8) is 0 Å². The summed E-state index contributed by atoms with van der Waals surface area (Å²) in [6.45, 7) is 4.91. The second kappa shape index (κ2) is 6.07. The molecule has 20 heavy (non-hydrogen) atoms. The molecule has 2 unspecified atom stereocenters. The Morgan fingerprint density at radius 2 is 2.35 bits per heavy atom. The molecule has 0 aliphatic heterocycles. The van der Waals surface area contributed by atoms with Gasteiger partial charge < -0.3 is 4.57 Å². The van der Waals surface area contributed by atoms with E-state index >= 15 is 0 Å². The number of aryl methyl sites for hydroxylation is 1. The van der Waals surface area contributed by atoms with Gasteiger partial charge in [0, 0.05) is 25.0 Å². The Balaban J connectivity index is 2.05. The molecule has 1 aromatic rings. The second-order valence-corrected chi connectivity index (χ2v) is 5.82. The summed E-state index contributed by atoms with van der Waals surface area (Å²) in [5, 5.41) is 22.0. The van der Waals surface area contributed by atoms with Crippen LogP contribution in [0.25, 0.3) is 0 Å². The van der Waals surface area contributed by atoms with Gasteiger partial charge in [0.1, 0.15) is 11.6 Å². The molecule has 0 spiro atoms. The van der Waals surface area contributed by atoms with Crippen LogP contribution < -0.4 is 5.32 Å². The number of hydrogen-bond donors (Lipinski definition) is 1. The van der Waals surface area contributed by atoms with Crippen molar-refractivity contribution in [2.45, 2.75) is 57.7 Å². The van der Waals surface area contributed by atoms with Gasteiger partial charge in [-0.05, 0) is 39.0 Å². The van der Waals surface area contributed by atoms with Crippen LogP contribution in [-0.4, -0.2) is 21.1 Å². The van der Waals surface area contributed by atoms with E-state index in [1.54, 1.807) is 6.20 Å². The molecular weight excluding hydrogens is 250 g/mol. The fraction of sp³-hybridized carbons (Fsp3) is 0.667. The van der Waals surface area contributed by atoms with Crippen LogP contribution in [0.15, 0.2) is 12.4 Å². The van der Waals surface area contributed by atoms with E-state index < -0.39 is 5.54 Å². The fourth-order valence-electron chi connectivity index (χ4n) is 3.25. The molecular formula is C15H21N5. The summed E-state index contributed by atoms with van der Waals surface area (Å²) in [4.78, 5) is 4.01. The molecule has 5 heteroatoms. The van der Waals surface area contributed by atoms with E-state index in [-0.39, 0.29) is 0 Å². The third kappa shape index (κ3) is 2.84. The summed E-state index contributed by atoms with van der Waals surface area (Å²) in [5.41, 5.74) is -0.401. The molecule has 0 bridgehead atoms. The molecule has 1 heterocycles. The van der Waals surface area contributed by atoms with Gasteiger partial charge in [0.25, 0.3) is 0 Å². The Kier molecular flexibility index (Phi) is 4.42. The van der Waals surface area contributed by atoms with Crippen LogP contribution >= 0.6 is 0 Å². The first-order chi connectivity index (χ1) is 9.61. The van der Waals surface area contributed by atoms with Crippen LogP contribution in [0, 0.1) is 28.6 Å². The van der Waals surface area contributed by atoms with E-state index in [0.717, 1.165) is 32.2 Å². The van der Waals surface area contributed by atoms with E-state index in [1.807, 2.05) is 10.8 Å². The molecule has 1 N–H and O–H groups in total. The summed E-state index contributed by atoms with van der Waals surface area (Å²) in [6, 6.07) is 4.91. The molecule has 0 saturated heterocycles. The number of imidazole rings is 1. The summed E-state index contributed by atoms with van der Waals surface area (Å²) in [6.07, 6.45) is 7.46. The first-order valence-electron chi connectivity index (χ1n) is 7.21. The average molecular weight is 271 g/mol. The minimum absolute atomic E-state index is 0.304. The summed E-state index contributed by atoms with van der Waals surface area (Å²) in [7, 11) is 0. The predicted octanol–water partition coefficient (Wildman–Crippen LogP) is 2.21. The van der Waals surface area contributed by atoms with E-state index in [0.29, 0.717) is 17.8 Å². The maximum atomic E-state index is 9.61. The lowest BCUT2D eigenvalue weighted by Gasteiger charge is -2.32. The van der Waals surface area contributed by atoms with Crippen molar-refractivity contribution in [1.82, 2.24) is 14.9 Å². The van der Waals surface area contributed by atoms with Crippen LogP contribution in [0.4, 0.5) is 0 Å². The number of nitrogens with zero attached hydrogens (tertiary/aromatic N) is 4. The smallest absolute Gasteiger partial charge is 0.212 e. The number of aromatic nitrogens is 2. The van der Waals surface area contributed by atoms with Gasteiger partial charge in [-0.1, -0.05) is 6.42 Å². The molecule has 5 nitrogen and oxygen atoms in total. The van der Waals surface area contributed by atoms with Crippen molar-refractivity contribution in [1.29, 1.82) is 10.5 Å². The van der Waals surface area contributed by atoms with Crippen LogP contribution in [-0.2, 0) is 6.54 Å². The van der Waals surface area contributed by atoms with E-state index in [4.69, 9.17) is 5.26 Å². The molecule has 0 radical (unpaired) electrons. The number of nitriles is 2. The highest BCUT2D eigenvalue weighted by Gasteiger charge is 2.43. The monoisotopic (exact) mass is 271 g/mol. The second-order valence-electron chi connectivity index (χ2n) is 5.82. The molecule has 2 atom stereocenters. The van der Waals surface area contributed by atoms with Gasteiger partial charge >= 0.3 is 0 Å². The highest BCUT2D eigenvalue weighted by molar-refractivity contribution is 5.15. The largest absolute Gasteiger partial charge is 0.323 e. The molecule has 0 aromatic carbocycles. The normalized spacial score (nSPS) is 25.6. The summed E-state index contributed by atoms with van der Waals surface area (Å²) < 4.78 is 1.87. The van der Waals surface area contributed by atoms with Gasteiger partial charge in [-0.25, -0.2) is 4.98 Å². The van der Waals surface area contributed by atoms with Crippen molar-refractivity contribution in [3.8, 4) is 12.1 Å². The van der Waals surface area contributed by atoms with Gasteiger partial charge in [0.15, 0.2) is 0 Å². The Morgan fingerprint density at radius 3 is 3.00 bits per heavy atom. The highest BCUT2D eigenvalue weighted by Crippen LogP contribution is 2.38. The predicted molar refractivity (Wildman–Crippen MR) is 75.5 cm³/mol. The average Bonchev–Trinajstić information content (AvgIpc) is 3.02. The Labute approximate surface area is 120 Å². The topological polar surface area (TPSA) is 77.4 Å². The van der Waals surface area contributed by atoms with Crippen molar-refractivity contribution < 1.29 is 0 Å². The van der Waals surface area contributed by atoms with Gasteiger partial charge in [-0.15, -0.1) is 0 Å². The lowest BCUT2D eigenvalue weighted by atomic mass is 9.85. The van der Waals surface area contributed by atoms with Crippen LogP contribution in [0.2, 0.25) is 0 Å². The molecule has 2 rings (SSSR count). The number of rotatable bonds is 5. The SMILES string of the molecule is CC(C)NC1(C#N)CCCC1CCn1ccnc1C#N. The zero-order valence-electron chi connectivity index (χ0n) is 12.1. The van der Waals surface area contributed by atoms with Crippen molar-refractivity contribution in [2.24, 2.45) is 5.92 Å². The molecule has 1 aromatic heterocycles. The van der Waals surface area contributed by atoms with Crippen molar-refractivity contribution >= 4 is 0 Å². The van der Waals surface area contributed by atoms with Gasteiger partial charge in [0.2, 0.25) is 5.82 Å². The van der Waals surface area contributed by atoms with Crippen LogP contribution in [0.5, 0.6) is 0 Å². The Bertz CT molecular complexity index is 533. The number of nitrogens with one attached hydrogen (secondary N) is 1. The summed E-state index contributed by atoms with van der Waals surface area (Å²) in [5.74, 6) is 0.784. The number of hydrogen-bond acceptors (Lipinski definition) is 4. The Hall–Kier alpha value is -1.85. The molecule has 1 saturated carbocycles. The highest BCUT2D eigenvalue weighted by atomic mass is 15.1. The molecule has 1 fully saturated rings. The minimum atomic E-state index is -0.401. The van der Waals surface area contributed by atoms with Gasteiger partial charge in [-0.2, -0.15) is 10.5 Å². The maximum absolute atomic E-state index is 9.61. The van der Waals surface area contributed by atoms with Gasteiger partial charge in [-0.3, -0.25) is 5.32 Å². The third-order valence-corrected chi connectivity index (χ3v) is 4.10. The first kappa shape index (κ1) is 14.6. The third-order valence-electron chi connectivity index (χ3n) is 4.10. The van der Waals surface area contributed by atoms with Crippen molar-refractivity contribution in [3.05, 3.63) is 18.2 Å².